The fourth-order valence-electron chi connectivity index (χ4n) is 2.43. The van der Waals surface area contributed by atoms with E-state index in [2.05, 4.69) is 38.0 Å². The molecule has 0 aliphatic carbocycles. The van der Waals surface area contributed by atoms with Crippen LogP contribution >= 0.6 is 0 Å². The Kier molecular flexibility index (Phi) is 4.10. The van der Waals surface area contributed by atoms with E-state index in [4.69, 9.17) is 4.74 Å². The molecule has 1 aromatic heterocycles. The van der Waals surface area contributed by atoms with Crippen LogP contribution in [0.3, 0.4) is 0 Å². The Morgan fingerprint density at radius 1 is 1.24 bits per heavy atom. The largest absolute Gasteiger partial charge is 0.439 e. The second kappa shape index (κ2) is 5.53. The molecule has 0 aliphatic heterocycles. The van der Waals surface area contributed by atoms with Gasteiger partial charge in [-0.15, -0.1) is 0 Å². The van der Waals surface area contributed by atoms with Crippen LogP contribution in [0.25, 0.3) is 0 Å². The number of hydrogen-bond acceptors (Lipinski definition) is 3. The highest BCUT2D eigenvalue weighted by atomic mass is 16.5. The molecule has 114 valence electrons. The van der Waals surface area contributed by atoms with E-state index in [0.717, 1.165) is 28.1 Å². The standard InChI is InChI=1S/C17H24N2O2/c1-11-7-8-14(17(3,4)5)15(9-11)21-16-13(10-20)12(2)18-19(16)6/h7-9,20H,10H2,1-6H3. The maximum absolute atomic E-state index is 9.54. The number of nitrogens with zero attached hydrogens (tertiary/aromatic N) is 2. The Morgan fingerprint density at radius 2 is 1.90 bits per heavy atom. The minimum Gasteiger partial charge on any atom is -0.439 e. The van der Waals surface area contributed by atoms with Gasteiger partial charge in [0.1, 0.15) is 5.75 Å². The minimum absolute atomic E-state index is 0.0178. The van der Waals surface area contributed by atoms with Gasteiger partial charge in [-0.05, 0) is 30.9 Å². The zero-order chi connectivity index (χ0) is 15.8. The third-order valence-corrected chi connectivity index (χ3v) is 3.60. The van der Waals surface area contributed by atoms with E-state index >= 15 is 0 Å². The van der Waals surface area contributed by atoms with Gasteiger partial charge in [-0.1, -0.05) is 32.9 Å². The van der Waals surface area contributed by atoms with E-state index in [1.807, 2.05) is 27.0 Å². The Morgan fingerprint density at radius 3 is 2.48 bits per heavy atom. The fraction of sp³-hybridized carbons (Fsp3) is 0.471. The zero-order valence-corrected chi connectivity index (χ0v) is 13.7. The summed E-state index contributed by atoms with van der Waals surface area (Å²) >= 11 is 0. The average Bonchev–Trinajstić information content (AvgIpc) is 2.62. The molecule has 0 bridgehead atoms. The van der Waals surface area contributed by atoms with Crippen LogP contribution < -0.4 is 4.74 Å². The van der Waals surface area contributed by atoms with Gasteiger partial charge in [-0.25, -0.2) is 4.68 Å². The number of aliphatic hydroxyl groups excluding tert-OH is 1. The van der Waals surface area contributed by atoms with E-state index < -0.39 is 0 Å². The molecule has 0 aliphatic rings. The zero-order valence-electron chi connectivity index (χ0n) is 13.7. The summed E-state index contributed by atoms with van der Waals surface area (Å²) in [6.07, 6.45) is 0. The van der Waals surface area contributed by atoms with Crippen molar-refractivity contribution in [3.63, 3.8) is 0 Å². The summed E-state index contributed by atoms with van der Waals surface area (Å²) in [5.41, 5.74) is 3.79. The van der Waals surface area contributed by atoms with Gasteiger partial charge in [0.15, 0.2) is 0 Å². The van der Waals surface area contributed by atoms with Crippen LogP contribution in [0.2, 0.25) is 0 Å². The lowest BCUT2D eigenvalue weighted by atomic mass is 9.86. The molecule has 0 unspecified atom stereocenters. The van der Waals surface area contributed by atoms with E-state index in [9.17, 15) is 5.11 Å². The summed E-state index contributed by atoms with van der Waals surface area (Å²) in [4.78, 5) is 0. The van der Waals surface area contributed by atoms with Gasteiger partial charge in [0.25, 0.3) is 0 Å². The van der Waals surface area contributed by atoms with Crippen LogP contribution in [0.4, 0.5) is 0 Å². The lowest BCUT2D eigenvalue weighted by Crippen LogP contribution is -2.13. The molecule has 4 heteroatoms. The molecule has 0 fully saturated rings. The second-order valence-electron chi connectivity index (χ2n) is 6.50. The number of aryl methyl sites for hydroxylation is 3. The van der Waals surface area contributed by atoms with Crippen molar-refractivity contribution < 1.29 is 9.84 Å². The van der Waals surface area contributed by atoms with Crippen LogP contribution in [-0.4, -0.2) is 14.9 Å². The van der Waals surface area contributed by atoms with E-state index in [-0.39, 0.29) is 12.0 Å². The number of ether oxygens (including phenoxy) is 1. The highest BCUT2D eigenvalue weighted by Crippen LogP contribution is 2.36. The third kappa shape index (κ3) is 3.10. The predicted molar refractivity (Wildman–Crippen MR) is 83.8 cm³/mol. The first-order chi connectivity index (χ1) is 9.74. The summed E-state index contributed by atoms with van der Waals surface area (Å²) in [7, 11) is 1.83. The number of rotatable bonds is 3. The topological polar surface area (TPSA) is 47.3 Å². The molecule has 0 amide bonds. The molecule has 1 heterocycles. The molecule has 2 rings (SSSR count). The molecule has 2 aromatic rings. The SMILES string of the molecule is Cc1ccc(C(C)(C)C)c(Oc2c(CO)c(C)nn2C)c1. The van der Waals surface area contributed by atoms with Crippen molar-refractivity contribution in [1.82, 2.24) is 9.78 Å². The molecule has 21 heavy (non-hydrogen) atoms. The molecule has 0 radical (unpaired) electrons. The van der Waals surface area contributed by atoms with Crippen LogP contribution in [0, 0.1) is 13.8 Å². The highest BCUT2D eigenvalue weighted by Gasteiger charge is 2.22. The Bertz CT molecular complexity index is 652. The first-order valence-corrected chi connectivity index (χ1v) is 7.16. The monoisotopic (exact) mass is 288 g/mol. The van der Waals surface area contributed by atoms with Gasteiger partial charge in [-0.3, -0.25) is 0 Å². The molecule has 1 N–H and O–H groups in total. The molecular formula is C17H24N2O2. The lowest BCUT2D eigenvalue weighted by Gasteiger charge is -2.23. The van der Waals surface area contributed by atoms with Crippen molar-refractivity contribution in [2.45, 2.75) is 46.6 Å². The fourth-order valence-corrected chi connectivity index (χ4v) is 2.43. The van der Waals surface area contributed by atoms with Crippen molar-refractivity contribution >= 4 is 0 Å². The number of aliphatic hydroxyl groups is 1. The smallest absolute Gasteiger partial charge is 0.223 e. The lowest BCUT2D eigenvalue weighted by molar-refractivity contribution is 0.274. The van der Waals surface area contributed by atoms with Gasteiger partial charge >= 0.3 is 0 Å². The number of benzene rings is 1. The maximum Gasteiger partial charge on any atom is 0.223 e. The quantitative estimate of drug-likeness (QED) is 0.938. The number of hydrogen-bond donors (Lipinski definition) is 1. The van der Waals surface area contributed by atoms with Crippen molar-refractivity contribution in [2.24, 2.45) is 7.05 Å². The molecule has 4 nitrogen and oxygen atoms in total. The molecular weight excluding hydrogens is 264 g/mol. The average molecular weight is 288 g/mol. The summed E-state index contributed by atoms with van der Waals surface area (Å²) in [6.45, 7) is 10.3. The first kappa shape index (κ1) is 15.6. The van der Waals surface area contributed by atoms with Crippen molar-refractivity contribution in [2.75, 3.05) is 0 Å². The summed E-state index contributed by atoms with van der Waals surface area (Å²) in [6, 6.07) is 6.23. The van der Waals surface area contributed by atoms with Gasteiger partial charge in [0, 0.05) is 12.6 Å². The Hall–Kier alpha value is -1.81. The molecule has 0 spiro atoms. The second-order valence-corrected chi connectivity index (χ2v) is 6.50. The van der Waals surface area contributed by atoms with Gasteiger partial charge in [-0.2, -0.15) is 5.10 Å². The van der Waals surface area contributed by atoms with E-state index in [1.54, 1.807) is 4.68 Å². The predicted octanol–water partition coefficient (Wildman–Crippen LogP) is 3.62. The molecule has 0 saturated carbocycles. The van der Waals surface area contributed by atoms with Crippen LogP contribution in [0.15, 0.2) is 18.2 Å². The van der Waals surface area contributed by atoms with Gasteiger partial charge in [0.05, 0.1) is 17.9 Å². The van der Waals surface area contributed by atoms with Gasteiger partial charge < -0.3 is 9.84 Å². The molecule has 1 aromatic carbocycles. The van der Waals surface area contributed by atoms with Gasteiger partial charge in [0.2, 0.25) is 5.88 Å². The van der Waals surface area contributed by atoms with Crippen LogP contribution in [-0.2, 0) is 19.1 Å². The van der Waals surface area contributed by atoms with Crippen LogP contribution in [0.5, 0.6) is 11.6 Å². The maximum atomic E-state index is 9.54. The number of aromatic nitrogens is 2. The summed E-state index contributed by atoms with van der Waals surface area (Å²) in [5.74, 6) is 1.42. The molecule has 0 saturated heterocycles. The van der Waals surface area contributed by atoms with E-state index in [1.165, 1.54) is 0 Å². The van der Waals surface area contributed by atoms with Crippen molar-refractivity contribution in [3.8, 4) is 11.6 Å². The Balaban J connectivity index is 2.52. The highest BCUT2D eigenvalue weighted by molar-refractivity contribution is 5.44. The van der Waals surface area contributed by atoms with Crippen molar-refractivity contribution in [1.29, 1.82) is 0 Å². The molecule has 0 atom stereocenters. The summed E-state index contributed by atoms with van der Waals surface area (Å²) < 4.78 is 7.81. The third-order valence-electron chi connectivity index (χ3n) is 3.60. The van der Waals surface area contributed by atoms with Crippen molar-refractivity contribution in [3.05, 3.63) is 40.6 Å². The first-order valence-electron chi connectivity index (χ1n) is 7.16. The normalized spacial score (nSPS) is 11.8. The Labute approximate surface area is 126 Å². The van der Waals surface area contributed by atoms with E-state index in [0.29, 0.717) is 5.88 Å². The minimum atomic E-state index is -0.0777. The van der Waals surface area contributed by atoms with Crippen LogP contribution in [0.1, 0.15) is 43.2 Å². The summed E-state index contributed by atoms with van der Waals surface area (Å²) in [5, 5.41) is 13.9.